The second-order valence-electron chi connectivity index (χ2n) is 7.72. The Bertz CT molecular complexity index is 1080. The minimum atomic E-state index is -0.164. The number of aliphatic hydroxyl groups excluding tert-OH is 1. The summed E-state index contributed by atoms with van der Waals surface area (Å²) in [6, 6.07) is 5.68. The fourth-order valence-electron chi connectivity index (χ4n) is 3.63. The number of methoxy groups -OCH3 is 1. The summed E-state index contributed by atoms with van der Waals surface area (Å²) in [4.78, 5) is 17.2. The molecule has 0 aliphatic carbocycles. The predicted octanol–water partition coefficient (Wildman–Crippen LogP) is 3.06. The van der Waals surface area contributed by atoms with Crippen LogP contribution in [0.15, 0.2) is 36.9 Å². The van der Waals surface area contributed by atoms with Gasteiger partial charge in [-0.1, -0.05) is 13.8 Å². The molecular formula is C23H27N5O4. The number of ether oxygens (including phenoxy) is 3. The summed E-state index contributed by atoms with van der Waals surface area (Å²) in [6.07, 6.45) is 4.95. The highest BCUT2D eigenvalue weighted by molar-refractivity contribution is 5.62. The highest BCUT2D eigenvalue weighted by Gasteiger charge is 2.24. The molecule has 0 amide bonds. The highest BCUT2D eigenvalue weighted by Crippen LogP contribution is 2.38. The number of fused-ring (bicyclic) bond motifs is 1. The number of hydrogen-bond acceptors (Lipinski definition) is 9. The molecule has 0 radical (unpaired) electrons. The monoisotopic (exact) mass is 437 g/mol. The number of rotatable bonds is 8. The van der Waals surface area contributed by atoms with Gasteiger partial charge in [0.05, 0.1) is 19.4 Å². The van der Waals surface area contributed by atoms with E-state index in [1.165, 1.54) is 13.4 Å². The lowest BCUT2D eigenvalue weighted by Crippen LogP contribution is -2.21. The number of hydrogen-bond donors (Lipinski definition) is 2. The van der Waals surface area contributed by atoms with Crippen LogP contribution in [0.2, 0.25) is 0 Å². The van der Waals surface area contributed by atoms with Crippen LogP contribution in [0, 0.1) is 5.92 Å². The van der Waals surface area contributed by atoms with Crippen molar-refractivity contribution < 1.29 is 19.3 Å². The first kappa shape index (κ1) is 21.8. The fourth-order valence-corrected chi connectivity index (χ4v) is 3.63. The van der Waals surface area contributed by atoms with Crippen molar-refractivity contribution in [1.82, 2.24) is 19.9 Å². The molecule has 0 fully saturated rings. The molecule has 0 aromatic carbocycles. The molecule has 2 N–H and O–H groups in total. The maximum atomic E-state index is 9.55. The SMILES string of the molecule is COc1ncc(-c2cc(NC[C@@H](C)C(C)c3ccnc4c3OCCO4)ncn2)cc1CO. The van der Waals surface area contributed by atoms with E-state index in [0.717, 1.165) is 16.9 Å². The van der Waals surface area contributed by atoms with E-state index in [1.54, 1.807) is 12.4 Å². The topological polar surface area (TPSA) is 112 Å². The van der Waals surface area contributed by atoms with Crippen LogP contribution >= 0.6 is 0 Å². The van der Waals surface area contributed by atoms with Gasteiger partial charge in [-0.25, -0.2) is 19.9 Å². The van der Waals surface area contributed by atoms with Crippen LogP contribution in [0.25, 0.3) is 11.3 Å². The van der Waals surface area contributed by atoms with Gasteiger partial charge in [-0.15, -0.1) is 0 Å². The molecule has 4 rings (SSSR count). The molecular weight excluding hydrogens is 410 g/mol. The zero-order chi connectivity index (χ0) is 22.5. The molecule has 1 unspecified atom stereocenters. The minimum absolute atomic E-state index is 0.164. The van der Waals surface area contributed by atoms with E-state index in [0.29, 0.717) is 48.6 Å². The summed E-state index contributed by atoms with van der Waals surface area (Å²) in [5, 5.41) is 13.0. The molecule has 0 bridgehead atoms. The maximum absolute atomic E-state index is 9.55. The Balaban J connectivity index is 1.46. The van der Waals surface area contributed by atoms with Crippen molar-refractivity contribution >= 4 is 5.82 Å². The molecule has 3 aromatic rings. The lowest BCUT2D eigenvalue weighted by Gasteiger charge is -2.26. The molecule has 3 aromatic heterocycles. The third-order valence-corrected chi connectivity index (χ3v) is 5.67. The van der Waals surface area contributed by atoms with Crippen molar-refractivity contribution in [3.8, 4) is 28.8 Å². The van der Waals surface area contributed by atoms with E-state index in [-0.39, 0.29) is 18.4 Å². The van der Waals surface area contributed by atoms with Crippen molar-refractivity contribution in [1.29, 1.82) is 0 Å². The summed E-state index contributed by atoms with van der Waals surface area (Å²) >= 11 is 0. The summed E-state index contributed by atoms with van der Waals surface area (Å²) < 4.78 is 16.6. The molecule has 9 nitrogen and oxygen atoms in total. The maximum Gasteiger partial charge on any atom is 0.257 e. The zero-order valence-corrected chi connectivity index (χ0v) is 18.4. The van der Waals surface area contributed by atoms with E-state index < -0.39 is 0 Å². The molecule has 0 saturated heterocycles. The van der Waals surface area contributed by atoms with E-state index in [1.807, 2.05) is 18.2 Å². The highest BCUT2D eigenvalue weighted by atomic mass is 16.6. The van der Waals surface area contributed by atoms with Gasteiger partial charge in [-0.2, -0.15) is 0 Å². The summed E-state index contributed by atoms with van der Waals surface area (Å²) in [6.45, 7) is 5.95. The van der Waals surface area contributed by atoms with Crippen LogP contribution in [0.5, 0.6) is 17.5 Å². The molecule has 0 saturated carbocycles. The Morgan fingerprint density at radius 1 is 1.12 bits per heavy atom. The van der Waals surface area contributed by atoms with E-state index >= 15 is 0 Å². The Hall–Kier alpha value is -3.46. The largest absolute Gasteiger partial charge is 0.484 e. The van der Waals surface area contributed by atoms with Crippen LogP contribution in [0.3, 0.4) is 0 Å². The van der Waals surface area contributed by atoms with Crippen molar-refractivity contribution in [2.75, 3.05) is 32.2 Å². The molecule has 4 heterocycles. The van der Waals surface area contributed by atoms with Crippen LogP contribution < -0.4 is 19.5 Å². The van der Waals surface area contributed by atoms with Gasteiger partial charge in [0.2, 0.25) is 5.88 Å². The quantitative estimate of drug-likeness (QED) is 0.549. The third kappa shape index (κ3) is 4.57. The third-order valence-electron chi connectivity index (χ3n) is 5.67. The molecule has 0 spiro atoms. The Kier molecular flexibility index (Phi) is 6.65. The van der Waals surface area contributed by atoms with Crippen molar-refractivity contribution in [2.45, 2.75) is 26.4 Å². The molecule has 168 valence electrons. The van der Waals surface area contributed by atoms with Gasteiger partial charge in [-0.3, -0.25) is 0 Å². The first-order valence-corrected chi connectivity index (χ1v) is 10.5. The van der Waals surface area contributed by atoms with Gasteiger partial charge >= 0.3 is 0 Å². The fraction of sp³-hybridized carbons (Fsp3) is 0.391. The van der Waals surface area contributed by atoms with Gasteiger partial charge in [0.25, 0.3) is 5.88 Å². The second-order valence-corrected chi connectivity index (χ2v) is 7.72. The molecule has 32 heavy (non-hydrogen) atoms. The number of pyridine rings is 2. The Morgan fingerprint density at radius 2 is 1.97 bits per heavy atom. The average Bonchev–Trinajstić information content (AvgIpc) is 2.86. The lowest BCUT2D eigenvalue weighted by atomic mass is 9.88. The predicted molar refractivity (Wildman–Crippen MR) is 119 cm³/mol. The van der Waals surface area contributed by atoms with E-state index in [9.17, 15) is 5.11 Å². The standard InChI is InChI=1S/C23H27N5O4/c1-14(15(2)18-4-5-24-23-21(18)31-6-7-32-23)10-25-20-9-19(27-13-28-20)16-8-17(12-29)22(30-3)26-11-16/h4-5,8-9,11,13-15,29H,6-7,10,12H2,1-3H3,(H,25,27,28)/t14-,15?/m1/s1. The Morgan fingerprint density at radius 3 is 2.78 bits per heavy atom. The normalized spacial score (nSPS) is 14.5. The smallest absolute Gasteiger partial charge is 0.257 e. The molecule has 9 heteroatoms. The van der Waals surface area contributed by atoms with E-state index in [4.69, 9.17) is 14.2 Å². The number of nitrogens with zero attached hydrogens (tertiary/aromatic N) is 4. The van der Waals surface area contributed by atoms with E-state index in [2.05, 4.69) is 39.1 Å². The Labute approximate surface area is 186 Å². The number of nitrogens with one attached hydrogen (secondary N) is 1. The minimum Gasteiger partial charge on any atom is -0.484 e. The van der Waals surface area contributed by atoms with Crippen LogP contribution in [0.1, 0.15) is 30.9 Å². The van der Waals surface area contributed by atoms with Gasteiger partial charge in [-0.05, 0) is 24.0 Å². The average molecular weight is 438 g/mol. The lowest BCUT2D eigenvalue weighted by molar-refractivity contribution is 0.161. The van der Waals surface area contributed by atoms with Crippen LogP contribution in [0.4, 0.5) is 5.82 Å². The van der Waals surface area contributed by atoms with Crippen molar-refractivity contribution in [2.24, 2.45) is 5.92 Å². The van der Waals surface area contributed by atoms with Gasteiger partial charge in [0, 0.05) is 41.7 Å². The number of aromatic nitrogens is 4. The summed E-state index contributed by atoms with van der Waals surface area (Å²) in [5.74, 6) is 2.94. The van der Waals surface area contributed by atoms with Gasteiger partial charge in [0.15, 0.2) is 5.75 Å². The van der Waals surface area contributed by atoms with Crippen molar-refractivity contribution in [3.63, 3.8) is 0 Å². The number of anilines is 1. The van der Waals surface area contributed by atoms with Crippen molar-refractivity contribution in [3.05, 3.63) is 48.0 Å². The van der Waals surface area contributed by atoms with Crippen LogP contribution in [-0.2, 0) is 6.61 Å². The second kappa shape index (κ2) is 9.78. The van der Waals surface area contributed by atoms with Gasteiger partial charge < -0.3 is 24.6 Å². The van der Waals surface area contributed by atoms with Crippen LogP contribution in [-0.4, -0.2) is 51.9 Å². The molecule has 1 aliphatic heterocycles. The summed E-state index contributed by atoms with van der Waals surface area (Å²) in [7, 11) is 1.52. The zero-order valence-electron chi connectivity index (χ0n) is 18.4. The summed E-state index contributed by atoms with van der Waals surface area (Å²) in [5.41, 5.74) is 3.18. The number of aliphatic hydroxyl groups is 1. The molecule has 1 aliphatic rings. The van der Waals surface area contributed by atoms with Gasteiger partial charge in [0.1, 0.15) is 25.4 Å². The first-order valence-electron chi connectivity index (χ1n) is 10.5. The first-order chi connectivity index (χ1) is 15.6. The molecule has 2 atom stereocenters.